The molecule has 0 aromatic carbocycles. The second kappa shape index (κ2) is 7.98. The van der Waals surface area contributed by atoms with Gasteiger partial charge in [0.1, 0.15) is 0 Å². The van der Waals surface area contributed by atoms with Crippen molar-refractivity contribution >= 4 is 46.4 Å². The average Bonchev–Trinajstić information content (AvgIpc) is 1.88. The Kier molecular flexibility index (Phi) is 9.88. The Labute approximate surface area is 85.3 Å². The van der Waals surface area contributed by atoms with Gasteiger partial charge in [-0.25, -0.2) is 0 Å². The molecule has 0 saturated heterocycles. The fourth-order valence-corrected chi connectivity index (χ4v) is 0. The Morgan fingerprint density at radius 2 is 0.833 bits per heavy atom. The Morgan fingerprint density at radius 3 is 0.833 bits per heavy atom. The lowest BCUT2D eigenvalue weighted by atomic mass is 11.1. The van der Waals surface area contributed by atoms with Crippen LogP contribution in [0.5, 0.6) is 0 Å². The number of halogens is 8. The molecule has 0 aromatic rings. The van der Waals surface area contributed by atoms with Crippen LogP contribution in [0.1, 0.15) is 0 Å². The fourth-order valence-electron chi connectivity index (χ4n) is 0. The predicted molar refractivity (Wildman–Crippen MR) is 41.9 cm³/mol. The van der Waals surface area contributed by atoms with Crippen molar-refractivity contribution in [1.82, 2.24) is 0 Å². The molecule has 0 unspecified atom stereocenters. The van der Waals surface area contributed by atoms with Crippen LogP contribution in [-0.4, -0.2) is 0 Å². The molecule has 0 heterocycles. The summed E-state index contributed by atoms with van der Waals surface area (Å²) in [5.74, 6) is 0. The minimum atomic E-state index is -2.04. The Hall–Kier alpha value is 0.360. The molecule has 72 valence electrons. The molecule has 0 aliphatic rings. The van der Waals surface area contributed by atoms with E-state index in [-0.39, 0.29) is 0 Å². The molecule has 0 nitrogen and oxygen atoms in total. The van der Waals surface area contributed by atoms with Gasteiger partial charge < -0.3 is 0 Å². The second-order valence-corrected chi connectivity index (χ2v) is 2.65. The highest BCUT2D eigenvalue weighted by atomic mass is 35.5. The lowest BCUT2D eigenvalue weighted by molar-refractivity contribution is 0.421. The molecule has 0 aromatic heterocycles. The van der Waals surface area contributed by atoms with Crippen LogP contribution in [-0.2, 0) is 0 Å². The maximum absolute atomic E-state index is 11.0. The highest BCUT2D eigenvalue weighted by Crippen LogP contribution is 2.15. The van der Waals surface area contributed by atoms with Gasteiger partial charge in [-0.3, -0.25) is 0 Å². The highest BCUT2D eigenvalue weighted by Gasteiger charge is 1.93. The van der Waals surface area contributed by atoms with Crippen LogP contribution in [0.2, 0.25) is 0 Å². The predicted octanol–water partition coefficient (Wildman–Crippen LogP) is 5.06. The first kappa shape index (κ1) is 14.9. The van der Waals surface area contributed by atoms with E-state index < -0.39 is 21.1 Å². The maximum atomic E-state index is 11.0. The van der Waals surface area contributed by atoms with Gasteiger partial charge in [-0.15, -0.1) is 0 Å². The molecule has 0 rings (SSSR count). The van der Waals surface area contributed by atoms with Gasteiger partial charge in [0.05, 0.1) is 0 Å². The largest absolute Gasteiger partial charge is 0.300 e. The minimum Gasteiger partial charge on any atom is -0.189 e. The third kappa shape index (κ3) is 13.0. The number of hydrogen-bond acceptors (Lipinski definition) is 0. The van der Waals surface area contributed by atoms with E-state index in [9.17, 15) is 17.6 Å². The summed E-state index contributed by atoms with van der Waals surface area (Å²) < 4.78 is 42.5. The van der Waals surface area contributed by atoms with Crippen molar-refractivity contribution in [3.05, 3.63) is 21.1 Å². The van der Waals surface area contributed by atoms with Crippen molar-refractivity contribution < 1.29 is 17.6 Å². The van der Waals surface area contributed by atoms with Gasteiger partial charge in [0.15, 0.2) is 4.49 Å². The van der Waals surface area contributed by atoms with Crippen molar-refractivity contribution in [3.63, 3.8) is 0 Å². The van der Waals surface area contributed by atoms with Gasteiger partial charge in [0.2, 0.25) is 10.6 Å². The molecule has 0 N–H and O–H groups in total. The lowest BCUT2D eigenvalue weighted by Gasteiger charge is -1.72. The number of hydrogen-bond donors (Lipinski definition) is 0. The van der Waals surface area contributed by atoms with Crippen LogP contribution in [0.25, 0.3) is 0 Å². The summed E-state index contributed by atoms with van der Waals surface area (Å²) in [5, 5.41) is -3.01. The quantitative estimate of drug-likeness (QED) is 0.537. The van der Waals surface area contributed by atoms with E-state index in [0.29, 0.717) is 0 Å². The van der Waals surface area contributed by atoms with E-state index in [1.54, 1.807) is 0 Å². The Morgan fingerprint density at radius 1 is 0.667 bits per heavy atom. The van der Waals surface area contributed by atoms with Crippen molar-refractivity contribution in [2.24, 2.45) is 0 Å². The van der Waals surface area contributed by atoms with Crippen LogP contribution in [0, 0.1) is 0 Å². The number of rotatable bonds is 0. The molecule has 0 fully saturated rings. The summed E-state index contributed by atoms with van der Waals surface area (Å²) in [6, 6.07) is 0. The molecule has 0 atom stereocenters. The van der Waals surface area contributed by atoms with Crippen LogP contribution < -0.4 is 0 Å². The zero-order valence-corrected chi connectivity index (χ0v) is 8.05. The second-order valence-electron chi connectivity index (χ2n) is 1.04. The van der Waals surface area contributed by atoms with Gasteiger partial charge in [0, 0.05) is 0 Å². The summed E-state index contributed by atoms with van der Waals surface area (Å²) in [4.78, 5) is 0. The van der Waals surface area contributed by atoms with E-state index in [0.717, 1.165) is 0 Å². The summed E-state index contributed by atoms with van der Waals surface area (Å²) >= 11 is 17.7. The first-order valence-corrected chi connectivity index (χ1v) is 3.52. The summed E-state index contributed by atoms with van der Waals surface area (Å²) in [5.41, 5.74) is 0. The normalized spacial score (nSPS) is 11.0. The van der Waals surface area contributed by atoms with E-state index >= 15 is 0 Å². The molecular weight excluding hydrogens is 266 g/mol. The molecular formula is C4Cl4F4. The first-order valence-electron chi connectivity index (χ1n) is 2.01. The van der Waals surface area contributed by atoms with Crippen molar-refractivity contribution in [2.75, 3.05) is 0 Å². The van der Waals surface area contributed by atoms with Gasteiger partial charge in [-0.2, -0.15) is 17.6 Å². The first-order chi connectivity index (χ1) is 5.29. The summed E-state index contributed by atoms with van der Waals surface area (Å²) in [7, 11) is 0. The molecule has 12 heavy (non-hydrogen) atoms. The SMILES string of the molecule is FC(Cl)=C(F)Cl.FC(F)=C(Cl)Cl. The molecule has 8 heteroatoms. The van der Waals surface area contributed by atoms with Crippen LogP contribution in [0.4, 0.5) is 17.6 Å². The molecule has 0 aliphatic carbocycles. The Balaban J connectivity index is 0. The monoisotopic (exact) mass is 264 g/mol. The fraction of sp³-hybridized carbons (Fsp3) is 0. The van der Waals surface area contributed by atoms with Crippen molar-refractivity contribution in [3.8, 4) is 0 Å². The zero-order valence-electron chi connectivity index (χ0n) is 5.02. The van der Waals surface area contributed by atoms with Crippen LogP contribution in [0.15, 0.2) is 21.1 Å². The van der Waals surface area contributed by atoms with E-state index in [2.05, 4.69) is 46.4 Å². The molecule has 0 amide bonds. The van der Waals surface area contributed by atoms with Crippen molar-refractivity contribution in [1.29, 1.82) is 0 Å². The molecule has 0 saturated carbocycles. The van der Waals surface area contributed by atoms with Crippen LogP contribution >= 0.6 is 46.4 Å². The smallest absolute Gasteiger partial charge is 0.189 e. The van der Waals surface area contributed by atoms with E-state index in [4.69, 9.17) is 0 Å². The van der Waals surface area contributed by atoms with Gasteiger partial charge in [-0.05, 0) is 23.2 Å². The molecule has 0 radical (unpaired) electrons. The van der Waals surface area contributed by atoms with Gasteiger partial charge >= 0.3 is 0 Å². The maximum Gasteiger partial charge on any atom is 0.300 e. The average molecular weight is 266 g/mol. The minimum absolute atomic E-state index is 0.963. The van der Waals surface area contributed by atoms with Gasteiger partial charge in [-0.1, -0.05) is 23.2 Å². The topological polar surface area (TPSA) is 0 Å². The van der Waals surface area contributed by atoms with Crippen LogP contribution in [0.3, 0.4) is 0 Å². The van der Waals surface area contributed by atoms with E-state index in [1.807, 2.05) is 0 Å². The third-order valence-corrected chi connectivity index (χ3v) is 1.000. The molecule has 0 spiro atoms. The summed E-state index contributed by atoms with van der Waals surface area (Å²) in [6.45, 7) is 0. The van der Waals surface area contributed by atoms with Gasteiger partial charge in [0.25, 0.3) is 6.08 Å². The highest BCUT2D eigenvalue weighted by molar-refractivity contribution is 6.56. The Bertz CT molecular complexity index is 141. The lowest BCUT2D eigenvalue weighted by Crippen LogP contribution is -1.52. The van der Waals surface area contributed by atoms with E-state index in [1.165, 1.54) is 0 Å². The van der Waals surface area contributed by atoms with Crippen molar-refractivity contribution in [2.45, 2.75) is 0 Å². The molecule has 0 bridgehead atoms. The third-order valence-electron chi connectivity index (χ3n) is 0.286. The molecule has 0 aliphatic heterocycles. The standard InChI is InChI=1S/2C2Cl2F2/c3-1(5)2(4)6;3-1(4)2(5)6. The zero-order chi connectivity index (χ0) is 10.3. The summed E-state index contributed by atoms with van der Waals surface area (Å²) in [6.07, 6.45) is -2.04.